The first-order chi connectivity index (χ1) is 12.5. The highest BCUT2D eigenvalue weighted by molar-refractivity contribution is 7.93. The van der Waals surface area contributed by atoms with Crippen LogP contribution in [0.15, 0.2) is 17.1 Å². The number of anilines is 1. The van der Waals surface area contributed by atoms with Crippen LogP contribution < -0.4 is 11.1 Å². The normalized spacial score (nSPS) is 23.6. The molecule has 1 atom stereocenters. The minimum atomic E-state index is -3.93. The molecule has 0 bridgehead atoms. The number of nitrogens with one attached hydrogen (secondary N) is 1. The predicted octanol–water partition coefficient (Wildman–Crippen LogP) is 2.89. The Hall–Kier alpha value is -2.23. The summed E-state index contributed by atoms with van der Waals surface area (Å²) in [5.74, 6) is -3.27. The topological polar surface area (TPSA) is 111 Å². The van der Waals surface area contributed by atoms with Crippen LogP contribution in [0.3, 0.4) is 0 Å². The second kappa shape index (κ2) is 6.68. The van der Waals surface area contributed by atoms with Crippen molar-refractivity contribution in [2.24, 2.45) is 4.99 Å². The monoisotopic (exact) mass is 417 g/mol. The zero-order chi connectivity index (χ0) is 21.7. The number of nitrogen functional groups attached to an aromatic ring is 1. The molecule has 0 unspecified atom stereocenters. The zero-order valence-corrected chi connectivity index (χ0v) is 17.5. The van der Waals surface area contributed by atoms with E-state index in [0.29, 0.717) is 0 Å². The summed E-state index contributed by atoms with van der Waals surface area (Å²) < 4.78 is 57.8. The van der Waals surface area contributed by atoms with Gasteiger partial charge in [-0.2, -0.15) is 0 Å². The van der Waals surface area contributed by atoms with Gasteiger partial charge in [0.1, 0.15) is 21.7 Å². The van der Waals surface area contributed by atoms with Crippen molar-refractivity contribution >= 4 is 27.5 Å². The first-order valence-electron chi connectivity index (χ1n) is 8.56. The van der Waals surface area contributed by atoms with Crippen molar-refractivity contribution in [2.45, 2.75) is 57.4 Å². The van der Waals surface area contributed by atoms with E-state index in [4.69, 9.17) is 10.5 Å². The maximum atomic E-state index is 14.5. The largest absolute Gasteiger partial charge is 0.444 e. The molecule has 1 heterocycles. The van der Waals surface area contributed by atoms with Crippen LogP contribution in [0.2, 0.25) is 0 Å². The molecule has 1 aliphatic heterocycles. The molecule has 0 spiro atoms. The Morgan fingerprint density at radius 2 is 1.82 bits per heavy atom. The molecule has 10 heteroatoms. The highest BCUT2D eigenvalue weighted by Crippen LogP contribution is 2.39. The van der Waals surface area contributed by atoms with Crippen molar-refractivity contribution in [3.05, 3.63) is 29.3 Å². The van der Waals surface area contributed by atoms with Crippen molar-refractivity contribution in [1.29, 1.82) is 0 Å². The summed E-state index contributed by atoms with van der Waals surface area (Å²) in [6, 6.07) is 1.94. The summed E-state index contributed by atoms with van der Waals surface area (Å²) in [7, 11) is -3.93. The highest BCUT2D eigenvalue weighted by atomic mass is 32.2. The lowest BCUT2D eigenvalue weighted by Gasteiger charge is -2.39. The Bertz CT molecular complexity index is 952. The van der Waals surface area contributed by atoms with E-state index in [-0.39, 0.29) is 17.1 Å². The fourth-order valence-electron chi connectivity index (χ4n) is 2.83. The molecule has 1 aromatic rings. The van der Waals surface area contributed by atoms with Gasteiger partial charge in [0.15, 0.2) is 21.5 Å². The first kappa shape index (κ1) is 22.1. The molecule has 3 N–H and O–H groups in total. The number of hydrogen-bond acceptors (Lipinski definition) is 6. The minimum Gasteiger partial charge on any atom is -0.444 e. The molecule has 7 nitrogen and oxygen atoms in total. The van der Waals surface area contributed by atoms with Crippen molar-refractivity contribution in [3.63, 3.8) is 0 Å². The lowest BCUT2D eigenvalue weighted by molar-refractivity contribution is 0.0560. The van der Waals surface area contributed by atoms with Gasteiger partial charge in [-0.15, -0.1) is 0 Å². The van der Waals surface area contributed by atoms with Crippen molar-refractivity contribution in [1.82, 2.24) is 5.32 Å². The average molecular weight is 417 g/mol. The summed E-state index contributed by atoms with van der Waals surface area (Å²) in [6.45, 7) is 9.02. The quantitative estimate of drug-likeness (QED) is 0.683. The van der Waals surface area contributed by atoms with Crippen LogP contribution in [0.25, 0.3) is 0 Å². The fraction of sp³-hybridized carbons (Fsp3) is 0.556. The van der Waals surface area contributed by atoms with Crippen molar-refractivity contribution in [3.8, 4) is 0 Å². The molecule has 156 valence electrons. The van der Waals surface area contributed by atoms with Crippen LogP contribution >= 0.6 is 0 Å². The summed E-state index contributed by atoms with van der Waals surface area (Å²) in [5, 5.41) is 2.36. The molecule has 2 rings (SSSR count). The molecule has 0 aromatic heterocycles. The number of halogens is 2. The van der Waals surface area contributed by atoms with E-state index in [0.717, 1.165) is 12.1 Å². The summed E-state index contributed by atoms with van der Waals surface area (Å²) in [6.07, 6.45) is -0.905. The Labute approximate surface area is 163 Å². The summed E-state index contributed by atoms with van der Waals surface area (Å²) in [5.41, 5.74) is 2.70. The molecule has 0 radical (unpaired) electrons. The molecule has 0 aliphatic carbocycles. The van der Waals surface area contributed by atoms with Crippen LogP contribution in [0, 0.1) is 11.6 Å². The molecule has 1 aromatic carbocycles. The SMILES string of the molecule is CC(C)(C)OC(=O)NC1=N[C@](C)(c2cc(N)cc(F)c2F)CS(=O)(=O)C1(C)C. The number of sulfone groups is 1. The number of benzene rings is 1. The molecule has 28 heavy (non-hydrogen) atoms. The molecular weight excluding hydrogens is 392 g/mol. The standard InChI is InChI=1S/C18H25F2N3O4S/c1-16(2,3)27-15(24)22-14-17(4,5)28(25,26)9-18(6,23-14)11-7-10(21)8-12(19)13(11)20/h7-8H,9,21H2,1-6H3,(H,22,23,24)/t18-/m0/s1. The number of amidine groups is 1. The second-order valence-corrected chi connectivity index (χ2v) is 11.0. The van der Waals surface area contributed by atoms with Gasteiger partial charge in [-0.05, 0) is 53.7 Å². The van der Waals surface area contributed by atoms with E-state index in [2.05, 4.69) is 10.3 Å². The number of aliphatic imine (C=N–C) groups is 1. The van der Waals surface area contributed by atoms with E-state index in [1.165, 1.54) is 20.8 Å². The van der Waals surface area contributed by atoms with E-state index in [1.807, 2.05) is 0 Å². The average Bonchev–Trinajstić information content (AvgIpc) is 2.46. The molecule has 0 fully saturated rings. The summed E-state index contributed by atoms with van der Waals surface area (Å²) >= 11 is 0. The van der Waals surface area contributed by atoms with Gasteiger partial charge in [-0.3, -0.25) is 10.3 Å². The maximum absolute atomic E-state index is 14.5. The smallest absolute Gasteiger partial charge is 0.413 e. The minimum absolute atomic E-state index is 0.0748. The van der Waals surface area contributed by atoms with Gasteiger partial charge < -0.3 is 10.5 Å². The van der Waals surface area contributed by atoms with Gasteiger partial charge in [0.05, 0.1) is 5.75 Å². The van der Waals surface area contributed by atoms with E-state index in [1.54, 1.807) is 20.8 Å². The third kappa shape index (κ3) is 4.11. The highest BCUT2D eigenvalue weighted by Gasteiger charge is 2.51. The van der Waals surface area contributed by atoms with Gasteiger partial charge in [0.2, 0.25) is 0 Å². The number of nitrogens with two attached hydrogens (primary N) is 1. The van der Waals surface area contributed by atoms with Crippen LogP contribution in [0.4, 0.5) is 19.3 Å². The molecule has 1 amide bonds. The molecular formula is C18H25F2N3O4S. The fourth-order valence-corrected chi connectivity index (χ4v) is 4.54. The third-order valence-corrected chi connectivity index (χ3v) is 7.12. The van der Waals surface area contributed by atoms with E-state index in [9.17, 15) is 22.0 Å². The van der Waals surface area contributed by atoms with Gasteiger partial charge in [0, 0.05) is 11.3 Å². The predicted molar refractivity (Wildman–Crippen MR) is 103 cm³/mol. The van der Waals surface area contributed by atoms with Crippen LogP contribution in [-0.2, 0) is 20.1 Å². The third-order valence-electron chi connectivity index (χ3n) is 4.43. The Morgan fingerprint density at radius 3 is 2.36 bits per heavy atom. The number of hydrogen-bond donors (Lipinski definition) is 2. The number of alkyl carbamates (subject to hydrolysis) is 1. The number of rotatable bonds is 1. The lowest BCUT2D eigenvalue weighted by Crippen LogP contribution is -2.58. The second-order valence-electron chi connectivity index (χ2n) is 8.49. The van der Waals surface area contributed by atoms with E-state index >= 15 is 0 Å². The first-order valence-corrected chi connectivity index (χ1v) is 10.2. The van der Waals surface area contributed by atoms with Gasteiger partial charge >= 0.3 is 6.09 Å². The number of ether oxygens (including phenoxy) is 1. The van der Waals surface area contributed by atoms with Gasteiger partial charge in [-0.1, -0.05) is 0 Å². The van der Waals surface area contributed by atoms with Crippen molar-refractivity contribution < 1.29 is 26.7 Å². The summed E-state index contributed by atoms with van der Waals surface area (Å²) in [4.78, 5) is 16.5. The molecule has 1 aliphatic rings. The van der Waals surface area contributed by atoms with Crippen LogP contribution in [-0.4, -0.2) is 36.4 Å². The Kier molecular flexibility index (Phi) is 5.26. The maximum Gasteiger partial charge on any atom is 0.413 e. The van der Waals surface area contributed by atoms with Crippen molar-refractivity contribution in [2.75, 3.05) is 11.5 Å². The number of carbonyl (C=O) groups is 1. The van der Waals surface area contributed by atoms with E-state index < -0.39 is 49.2 Å². The zero-order valence-electron chi connectivity index (χ0n) is 16.7. The van der Waals surface area contributed by atoms with Crippen LogP contribution in [0.1, 0.15) is 47.1 Å². The Morgan fingerprint density at radius 1 is 1.25 bits per heavy atom. The van der Waals surface area contributed by atoms with Gasteiger partial charge in [0.25, 0.3) is 0 Å². The number of nitrogens with zero attached hydrogens (tertiary/aromatic N) is 1. The molecule has 0 saturated carbocycles. The number of amides is 1. The lowest BCUT2D eigenvalue weighted by atomic mass is 9.92. The Balaban J connectivity index is 2.62. The molecule has 0 saturated heterocycles. The van der Waals surface area contributed by atoms with Gasteiger partial charge in [-0.25, -0.2) is 22.0 Å². The number of carbonyl (C=O) groups excluding carboxylic acids is 1. The van der Waals surface area contributed by atoms with Crippen LogP contribution in [0.5, 0.6) is 0 Å².